The molecule has 0 saturated heterocycles. The molecule has 0 aliphatic heterocycles. The Morgan fingerprint density at radius 1 is 1.33 bits per heavy atom. The highest BCUT2D eigenvalue weighted by Crippen LogP contribution is 2.13. The molecule has 0 fully saturated rings. The molecule has 1 aromatic carbocycles. The molecule has 5 heteroatoms. The molecular weight excluding hydrogens is 284 g/mol. The Labute approximate surface area is 129 Å². The number of hydrogen-bond acceptors (Lipinski definition) is 4. The molecule has 21 heavy (non-hydrogen) atoms. The van der Waals surface area contributed by atoms with E-state index >= 15 is 0 Å². The molecule has 112 valence electrons. The van der Waals surface area contributed by atoms with Crippen LogP contribution in [0, 0.1) is 5.92 Å². The molecule has 0 spiro atoms. The summed E-state index contributed by atoms with van der Waals surface area (Å²) in [7, 11) is 0. The van der Waals surface area contributed by atoms with Gasteiger partial charge in [-0.05, 0) is 23.6 Å². The van der Waals surface area contributed by atoms with Crippen LogP contribution >= 0.6 is 11.3 Å². The molecule has 1 aromatic heterocycles. The van der Waals surface area contributed by atoms with Gasteiger partial charge in [0.15, 0.2) is 0 Å². The SMILES string of the molecule is CC(C)COc1ccc(CC(=O)NCc2nccs2)cc1. The molecule has 0 aliphatic carbocycles. The topological polar surface area (TPSA) is 51.2 Å². The van der Waals surface area contributed by atoms with E-state index < -0.39 is 0 Å². The fourth-order valence-corrected chi connectivity index (χ4v) is 2.28. The van der Waals surface area contributed by atoms with Crippen molar-refractivity contribution in [2.24, 2.45) is 5.92 Å². The van der Waals surface area contributed by atoms with Crippen LogP contribution in [0.25, 0.3) is 0 Å². The predicted molar refractivity (Wildman–Crippen MR) is 84.4 cm³/mol. The second-order valence-corrected chi connectivity index (χ2v) is 6.21. The number of aromatic nitrogens is 1. The van der Waals surface area contributed by atoms with Gasteiger partial charge in [-0.25, -0.2) is 4.98 Å². The van der Waals surface area contributed by atoms with Crippen LogP contribution in [-0.4, -0.2) is 17.5 Å². The summed E-state index contributed by atoms with van der Waals surface area (Å²) in [6.45, 7) is 5.42. The van der Waals surface area contributed by atoms with E-state index in [0.717, 1.165) is 16.3 Å². The van der Waals surface area contributed by atoms with Gasteiger partial charge in [0.2, 0.25) is 5.91 Å². The van der Waals surface area contributed by atoms with Crippen LogP contribution in [0.4, 0.5) is 0 Å². The first-order valence-corrected chi connectivity index (χ1v) is 7.88. The van der Waals surface area contributed by atoms with Crippen LogP contribution < -0.4 is 10.1 Å². The number of carbonyl (C=O) groups is 1. The Balaban J connectivity index is 1.78. The molecule has 2 rings (SSSR count). The zero-order chi connectivity index (χ0) is 15.1. The lowest BCUT2D eigenvalue weighted by molar-refractivity contribution is -0.120. The minimum Gasteiger partial charge on any atom is -0.493 e. The normalized spacial score (nSPS) is 10.6. The molecule has 0 aliphatic rings. The zero-order valence-corrected chi connectivity index (χ0v) is 13.2. The van der Waals surface area contributed by atoms with Crippen LogP contribution in [0.1, 0.15) is 24.4 Å². The fraction of sp³-hybridized carbons (Fsp3) is 0.375. The summed E-state index contributed by atoms with van der Waals surface area (Å²) in [5, 5.41) is 5.68. The molecule has 4 nitrogen and oxygen atoms in total. The van der Waals surface area contributed by atoms with E-state index in [2.05, 4.69) is 24.1 Å². The monoisotopic (exact) mass is 304 g/mol. The molecule has 2 aromatic rings. The van der Waals surface area contributed by atoms with Crippen molar-refractivity contribution in [3.8, 4) is 5.75 Å². The van der Waals surface area contributed by atoms with Gasteiger partial charge in [-0.15, -0.1) is 11.3 Å². The second kappa shape index (κ2) is 7.78. The van der Waals surface area contributed by atoms with Crippen molar-refractivity contribution in [3.63, 3.8) is 0 Å². The Morgan fingerprint density at radius 2 is 2.10 bits per heavy atom. The van der Waals surface area contributed by atoms with Crippen LogP contribution in [0.2, 0.25) is 0 Å². The number of carbonyl (C=O) groups excluding carboxylic acids is 1. The van der Waals surface area contributed by atoms with Crippen molar-refractivity contribution in [2.75, 3.05) is 6.61 Å². The average Bonchev–Trinajstić information content (AvgIpc) is 2.98. The van der Waals surface area contributed by atoms with E-state index in [1.165, 1.54) is 11.3 Å². The largest absolute Gasteiger partial charge is 0.493 e. The van der Waals surface area contributed by atoms with E-state index in [9.17, 15) is 4.79 Å². The summed E-state index contributed by atoms with van der Waals surface area (Å²) in [6.07, 6.45) is 2.11. The lowest BCUT2D eigenvalue weighted by atomic mass is 10.1. The van der Waals surface area contributed by atoms with Gasteiger partial charge in [0, 0.05) is 11.6 Å². The first-order chi connectivity index (χ1) is 10.1. The van der Waals surface area contributed by atoms with Crippen molar-refractivity contribution in [1.82, 2.24) is 10.3 Å². The minimum atomic E-state index is 0.000971. The summed E-state index contributed by atoms with van der Waals surface area (Å²) in [6, 6.07) is 7.68. The summed E-state index contributed by atoms with van der Waals surface area (Å²) in [5.41, 5.74) is 0.975. The summed E-state index contributed by atoms with van der Waals surface area (Å²) in [5.74, 6) is 1.35. The third-order valence-electron chi connectivity index (χ3n) is 2.79. The van der Waals surface area contributed by atoms with Crippen LogP contribution in [0.3, 0.4) is 0 Å². The van der Waals surface area contributed by atoms with E-state index in [0.29, 0.717) is 25.5 Å². The average molecular weight is 304 g/mol. The highest BCUT2D eigenvalue weighted by molar-refractivity contribution is 7.09. The highest BCUT2D eigenvalue weighted by Gasteiger charge is 2.05. The molecule has 0 radical (unpaired) electrons. The summed E-state index contributed by atoms with van der Waals surface area (Å²) >= 11 is 1.54. The highest BCUT2D eigenvalue weighted by atomic mass is 32.1. The molecule has 1 N–H and O–H groups in total. The van der Waals surface area contributed by atoms with Gasteiger partial charge in [0.1, 0.15) is 10.8 Å². The van der Waals surface area contributed by atoms with Crippen molar-refractivity contribution < 1.29 is 9.53 Å². The van der Waals surface area contributed by atoms with Crippen LogP contribution in [-0.2, 0) is 17.8 Å². The molecular formula is C16H20N2O2S. The standard InChI is InChI=1S/C16H20N2O2S/c1-12(2)11-20-14-5-3-13(4-6-14)9-15(19)18-10-16-17-7-8-21-16/h3-8,12H,9-11H2,1-2H3,(H,18,19). The first-order valence-electron chi connectivity index (χ1n) is 7.00. The number of nitrogens with zero attached hydrogens (tertiary/aromatic N) is 1. The van der Waals surface area contributed by atoms with E-state index in [1.807, 2.05) is 29.6 Å². The third kappa shape index (κ3) is 5.55. The number of thiazole rings is 1. The first kappa shape index (κ1) is 15.5. The maximum Gasteiger partial charge on any atom is 0.224 e. The van der Waals surface area contributed by atoms with Crippen LogP contribution in [0.5, 0.6) is 5.75 Å². The number of ether oxygens (including phenoxy) is 1. The number of nitrogens with one attached hydrogen (secondary N) is 1. The van der Waals surface area contributed by atoms with Gasteiger partial charge in [-0.3, -0.25) is 4.79 Å². The predicted octanol–water partition coefficient (Wildman–Crippen LogP) is 3.04. The number of benzene rings is 1. The lowest BCUT2D eigenvalue weighted by Gasteiger charge is -2.09. The Hall–Kier alpha value is -1.88. The van der Waals surface area contributed by atoms with Gasteiger partial charge in [0.25, 0.3) is 0 Å². The van der Waals surface area contributed by atoms with Gasteiger partial charge in [-0.2, -0.15) is 0 Å². The maximum atomic E-state index is 11.8. The lowest BCUT2D eigenvalue weighted by Crippen LogP contribution is -2.24. The number of amides is 1. The van der Waals surface area contributed by atoms with Crippen molar-refractivity contribution in [3.05, 3.63) is 46.4 Å². The smallest absolute Gasteiger partial charge is 0.224 e. The van der Waals surface area contributed by atoms with E-state index in [-0.39, 0.29) is 5.91 Å². The Bertz CT molecular complexity index is 550. The Morgan fingerprint density at radius 3 is 2.71 bits per heavy atom. The van der Waals surface area contributed by atoms with Gasteiger partial charge < -0.3 is 10.1 Å². The minimum absolute atomic E-state index is 0.000971. The molecule has 0 unspecified atom stereocenters. The summed E-state index contributed by atoms with van der Waals surface area (Å²) < 4.78 is 5.62. The second-order valence-electron chi connectivity index (χ2n) is 5.23. The van der Waals surface area contributed by atoms with Gasteiger partial charge >= 0.3 is 0 Å². The van der Waals surface area contributed by atoms with Crippen molar-refractivity contribution >= 4 is 17.2 Å². The molecule has 0 saturated carbocycles. The van der Waals surface area contributed by atoms with Crippen molar-refractivity contribution in [1.29, 1.82) is 0 Å². The third-order valence-corrected chi connectivity index (χ3v) is 3.57. The van der Waals surface area contributed by atoms with Crippen LogP contribution in [0.15, 0.2) is 35.8 Å². The Kier molecular flexibility index (Phi) is 5.75. The molecule has 0 bridgehead atoms. The van der Waals surface area contributed by atoms with Crippen molar-refractivity contribution in [2.45, 2.75) is 26.8 Å². The van der Waals surface area contributed by atoms with E-state index in [4.69, 9.17) is 4.74 Å². The number of rotatable bonds is 7. The maximum absolute atomic E-state index is 11.8. The zero-order valence-electron chi connectivity index (χ0n) is 12.3. The summed E-state index contributed by atoms with van der Waals surface area (Å²) in [4.78, 5) is 16.0. The van der Waals surface area contributed by atoms with Gasteiger partial charge in [-0.1, -0.05) is 26.0 Å². The molecule has 1 amide bonds. The van der Waals surface area contributed by atoms with Gasteiger partial charge in [0.05, 0.1) is 19.6 Å². The molecule has 1 heterocycles. The quantitative estimate of drug-likeness (QED) is 0.855. The fourth-order valence-electron chi connectivity index (χ4n) is 1.73. The molecule has 0 atom stereocenters. The number of hydrogen-bond donors (Lipinski definition) is 1. The van der Waals surface area contributed by atoms with E-state index in [1.54, 1.807) is 6.20 Å².